The average Bonchev–Trinajstić information content (AvgIpc) is 2.63. The van der Waals surface area contributed by atoms with Gasteiger partial charge in [-0.15, -0.1) is 0 Å². The molecule has 0 radical (unpaired) electrons. The van der Waals surface area contributed by atoms with Gasteiger partial charge in [-0.1, -0.05) is 6.07 Å². The Kier molecular flexibility index (Phi) is 4.90. The molecule has 3 rings (SSSR count). The van der Waals surface area contributed by atoms with Crippen molar-refractivity contribution in [3.05, 3.63) is 54.0 Å². The minimum atomic E-state index is -4.82. The van der Waals surface area contributed by atoms with Crippen molar-refractivity contribution in [2.24, 2.45) is 10.7 Å². The van der Waals surface area contributed by atoms with Crippen molar-refractivity contribution in [3.8, 4) is 11.6 Å². The molecule has 27 heavy (non-hydrogen) atoms. The Morgan fingerprint density at radius 3 is 2.67 bits per heavy atom. The van der Waals surface area contributed by atoms with Gasteiger partial charge in [-0.2, -0.15) is 13.2 Å². The zero-order valence-corrected chi connectivity index (χ0v) is 13.7. The smallest absolute Gasteiger partial charge is 0.425 e. The lowest BCUT2D eigenvalue weighted by atomic mass is 9.84. The maximum absolute atomic E-state index is 14.4. The summed E-state index contributed by atoms with van der Waals surface area (Å²) in [7, 11) is 0. The van der Waals surface area contributed by atoms with Gasteiger partial charge in [-0.05, 0) is 24.3 Å². The quantitative estimate of drug-likeness (QED) is 0.810. The summed E-state index contributed by atoms with van der Waals surface area (Å²) >= 11 is 0. The molecule has 0 spiro atoms. The minimum absolute atomic E-state index is 0.0572. The fraction of sp³-hybridized carbons (Fsp3) is 0.294. The predicted molar refractivity (Wildman–Crippen MR) is 85.5 cm³/mol. The highest BCUT2D eigenvalue weighted by Gasteiger charge is 2.52. The number of ether oxygens (including phenoxy) is 2. The van der Waals surface area contributed by atoms with Gasteiger partial charge in [0.05, 0.1) is 0 Å². The second-order valence-electron chi connectivity index (χ2n) is 5.88. The molecular weight excluding hydrogens is 373 g/mol. The Morgan fingerprint density at radius 1 is 1.26 bits per heavy atom. The third-order valence-electron chi connectivity index (χ3n) is 4.00. The largest absolute Gasteiger partial charge is 0.452 e. The summed E-state index contributed by atoms with van der Waals surface area (Å²) in [5.41, 5.74) is 2.72. The lowest BCUT2D eigenvalue weighted by molar-refractivity contribution is -0.209. The van der Waals surface area contributed by atoms with Crippen LogP contribution in [0.2, 0.25) is 0 Å². The van der Waals surface area contributed by atoms with Gasteiger partial charge in [0, 0.05) is 24.2 Å². The summed E-state index contributed by atoms with van der Waals surface area (Å²) < 4.78 is 77.5. The molecular formula is C17H14F5N3O2. The molecule has 1 aliphatic heterocycles. The zero-order chi connectivity index (χ0) is 19.7. The number of benzene rings is 1. The summed E-state index contributed by atoms with van der Waals surface area (Å²) in [4.78, 5) is 7.59. The first-order chi connectivity index (χ1) is 12.7. The lowest BCUT2D eigenvalue weighted by Crippen LogP contribution is -2.48. The highest BCUT2D eigenvalue weighted by atomic mass is 19.4. The summed E-state index contributed by atoms with van der Waals surface area (Å²) in [6, 6.07) is 7.24. The van der Waals surface area contributed by atoms with Crippen molar-refractivity contribution in [3.63, 3.8) is 0 Å². The molecule has 2 N–H and O–H groups in total. The Bertz CT molecular complexity index is 844. The van der Waals surface area contributed by atoms with Gasteiger partial charge < -0.3 is 15.2 Å². The van der Waals surface area contributed by atoms with E-state index in [-0.39, 0.29) is 11.6 Å². The van der Waals surface area contributed by atoms with Gasteiger partial charge in [0.1, 0.15) is 23.8 Å². The third-order valence-corrected chi connectivity index (χ3v) is 4.00. The van der Waals surface area contributed by atoms with E-state index in [9.17, 15) is 22.0 Å². The van der Waals surface area contributed by atoms with Gasteiger partial charge >= 0.3 is 6.18 Å². The van der Waals surface area contributed by atoms with Crippen LogP contribution < -0.4 is 10.5 Å². The standard InChI is InChI=1S/C17H14F5N3O2/c18-9-16(8-13(17(20,21)22)27-15(23)25-16)11-7-10(4-5-12(11)19)26-14-3-1-2-6-24-14/h1-7,13H,8-9H2,(H2,23,25). The molecule has 2 atom stereocenters. The molecule has 0 amide bonds. The SMILES string of the molecule is NC1=NC(CF)(c2cc(Oc3ccccn3)ccc2F)CC(C(F)(F)F)O1. The molecule has 2 heterocycles. The van der Waals surface area contributed by atoms with Crippen LogP contribution in [-0.4, -0.2) is 30.0 Å². The number of amidine groups is 1. The van der Waals surface area contributed by atoms with Gasteiger partial charge in [0.25, 0.3) is 6.02 Å². The van der Waals surface area contributed by atoms with E-state index in [1.165, 1.54) is 18.3 Å². The van der Waals surface area contributed by atoms with Crippen LogP contribution in [0.1, 0.15) is 12.0 Å². The topological polar surface area (TPSA) is 69.7 Å². The Hall–Kier alpha value is -2.91. The first-order valence-corrected chi connectivity index (χ1v) is 7.77. The van der Waals surface area contributed by atoms with Crippen molar-refractivity contribution in [1.82, 2.24) is 4.98 Å². The van der Waals surface area contributed by atoms with Crippen molar-refractivity contribution in [2.45, 2.75) is 24.2 Å². The van der Waals surface area contributed by atoms with Crippen molar-refractivity contribution in [2.75, 3.05) is 6.67 Å². The van der Waals surface area contributed by atoms with E-state index >= 15 is 0 Å². The van der Waals surface area contributed by atoms with E-state index in [2.05, 4.69) is 14.7 Å². The van der Waals surface area contributed by atoms with E-state index < -0.39 is 48.3 Å². The molecule has 2 aromatic rings. The molecule has 0 bridgehead atoms. The second kappa shape index (κ2) is 7.01. The molecule has 2 unspecified atom stereocenters. The van der Waals surface area contributed by atoms with Crippen LogP contribution in [0, 0.1) is 5.82 Å². The number of nitrogens with zero attached hydrogens (tertiary/aromatic N) is 2. The highest BCUT2D eigenvalue weighted by Crippen LogP contribution is 2.42. The van der Waals surface area contributed by atoms with Gasteiger partial charge in [0.15, 0.2) is 6.10 Å². The summed E-state index contributed by atoms with van der Waals surface area (Å²) in [5.74, 6) is -0.713. The number of aromatic nitrogens is 1. The molecule has 0 saturated heterocycles. The van der Waals surface area contributed by atoms with Crippen molar-refractivity contribution < 1.29 is 31.4 Å². The molecule has 0 saturated carbocycles. The Morgan fingerprint density at radius 2 is 2.04 bits per heavy atom. The maximum Gasteiger partial charge on any atom is 0.425 e. The minimum Gasteiger partial charge on any atom is -0.452 e. The summed E-state index contributed by atoms with van der Waals surface area (Å²) in [6.45, 7) is -1.41. The van der Waals surface area contributed by atoms with Crippen LogP contribution in [0.25, 0.3) is 0 Å². The molecule has 144 valence electrons. The van der Waals surface area contributed by atoms with Crippen LogP contribution in [0.15, 0.2) is 47.6 Å². The van der Waals surface area contributed by atoms with Crippen LogP contribution in [0.3, 0.4) is 0 Å². The first kappa shape index (κ1) is 18.9. The Balaban J connectivity index is 2.02. The van der Waals surface area contributed by atoms with Crippen LogP contribution in [0.4, 0.5) is 22.0 Å². The number of aliphatic imine (C=N–C) groups is 1. The number of halogens is 5. The van der Waals surface area contributed by atoms with E-state index in [0.717, 1.165) is 12.1 Å². The number of hydrogen-bond acceptors (Lipinski definition) is 5. The fourth-order valence-electron chi connectivity index (χ4n) is 2.74. The van der Waals surface area contributed by atoms with Crippen LogP contribution >= 0.6 is 0 Å². The van der Waals surface area contributed by atoms with Crippen molar-refractivity contribution in [1.29, 1.82) is 0 Å². The van der Waals surface area contributed by atoms with Crippen LogP contribution in [0.5, 0.6) is 11.6 Å². The molecule has 0 aliphatic carbocycles. The zero-order valence-electron chi connectivity index (χ0n) is 13.7. The van der Waals surface area contributed by atoms with Gasteiger partial charge in [-0.3, -0.25) is 0 Å². The maximum atomic E-state index is 14.4. The van der Waals surface area contributed by atoms with E-state index in [1.807, 2.05) is 0 Å². The number of pyridine rings is 1. The molecule has 1 aliphatic rings. The normalized spacial score (nSPS) is 22.7. The van der Waals surface area contributed by atoms with E-state index in [1.54, 1.807) is 12.1 Å². The predicted octanol–water partition coefficient (Wildman–Crippen LogP) is 3.84. The third kappa shape index (κ3) is 3.93. The highest BCUT2D eigenvalue weighted by molar-refractivity contribution is 5.73. The van der Waals surface area contributed by atoms with E-state index in [0.29, 0.717) is 0 Å². The molecule has 5 nitrogen and oxygen atoms in total. The summed E-state index contributed by atoms with van der Waals surface area (Å²) in [5, 5.41) is 0. The average molecular weight is 387 g/mol. The first-order valence-electron chi connectivity index (χ1n) is 7.77. The molecule has 0 fully saturated rings. The summed E-state index contributed by atoms with van der Waals surface area (Å²) in [6.07, 6.45) is -6.73. The number of rotatable bonds is 4. The molecule has 1 aromatic carbocycles. The fourth-order valence-corrected chi connectivity index (χ4v) is 2.74. The Labute approximate surface area is 150 Å². The van der Waals surface area contributed by atoms with Gasteiger partial charge in [0.2, 0.25) is 5.88 Å². The molecule has 10 heteroatoms. The lowest BCUT2D eigenvalue weighted by Gasteiger charge is -2.36. The number of hydrogen-bond donors (Lipinski definition) is 1. The number of alkyl halides is 4. The number of nitrogens with two attached hydrogens (primary N) is 1. The van der Waals surface area contributed by atoms with E-state index in [4.69, 9.17) is 10.5 Å². The van der Waals surface area contributed by atoms with Crippen LogP contribution in [-0.2, 0) is 10.3 Å². The van der Waals surface area contributed by atoms with Crippen molar-refractivity contribution >= 4 is 6.02 Å². The second-order valence-corrected chi connectivity index (χ2v) is 5.88. The monoisotopic (exact) mass is 387 g/mol. The van der Waals surface area contributed by atoms with Gasteiger partial charge in [-0.25, -0.2) is 18.8 Å². The molecule has 1 aromatic heterocycles.